The normalized spacial score (nSPS) is 15.5. The van der Waals surface area contributed by atoms with E-state index in [9.17, 15) is 0 Å². The Morgan fingerprint density at radius 2 is 1.92 bits per heavy atom. The van der Waals surface area contributed by atoms with Gasteiger partial charge in [-0.3, -0.25) is 4.99 Å². The van der Waals surface area contributed by atoms with Crippen molar-refractivity contribution in [3.8, 4) is 5.75 Å². The quantitative estimate of drug-likeness (QED) is 0.338. The minimum atomic E-state index is 0. The molecule has 6 heteroatoms. The van der Waals surface area contributed by atoms with Crippen LogP contribution in [-0.2, 0) is 6.42 Å². The molecule has 0 spiro atoms. The highest BCUT2D eigenvalue weighted by atomic mass is 127. The van der Waals surface area contributed by atoms with Crippen LogP contribution in [0, 0.1) is 5.92 Å². The molecule has 5 nitrogen and oxygen atoms in total. The number of ether oxygens (including phenoxy) is 1. The molecule has 1 saturated carbocycles. The molecule has 1 unspecified atom stereocenters. The Kier molecular flexibility index (Phi) is 10.2. The van der Waals surface area contributed by atoms with Crippen LogP contribution in [0.2, 0.25) is 0 Å². The van der Waals surface area contributed by atoms with Crippen LogP contribution >= 0.6 is 24.0 Å². The summed E-state index contributed by atoms with van der Waals surface area (Å²) >= 11 is 0. The first-order valence-corrected chi connectivity index (χ1v) is 8.95. The molecular weight excluding hydrogens is 427 g/mol. The number of halogens is 1. The maximum Gasteiger partial charge on any atom is 0.191 e. The van der Waals surface area contributed by atoms with E-state index in [0.717, 1.165) is 43.7 Å². The van der Waals surface area contributed by atoms with Gasteiger partial charge in [0.1, 0.15) is 5.75 Å². The maximum absolute atomic E-state index is 5.19. The molecule has 2 N–H and O–H groups in total. The second-order valence-electron chi connectivity index (χ2n) is 6.61. The molecule has 0 saturated heterocycles. The molecule has 2 rings (SSSR count). The van der Waals surface area contributed by atoms with Gasteiger partial charge in [0.25, 0.3) is 0 Å². The number of nitrogens with one attached hydrogen (secondary N) is 2. The van der Waals surface area contributed by atoms with Crippen molar-refractivity contribution < 1.29 is 4.74 Å². The molecule has 142 valence electrons. The van der Waals surface area contributed by atoms with Gasteiger partial charge < -0.3 is 20.3 Å². The van der Waals surface area contributed by atoms with Crippen LogP contribution in [0.1, 0.15) is 25.3 Å². The van der Waals surface area contributed by atoms with Crippen LogP contribution in [0.3, 0.4) is 0 Å². The van der Waals surface area contributed by atoms with Crippen LogP contribution in [0.4, 0.5) is 0 Å². The first-order chi connectivity index (χ1) is 11.6. The average Bonchev–Trinajstić information content (AvgIpc) is 3.40. The molecule has 0 aliphatic heterocycles. The van der Waals surface area contributed by atoms with Crippen molar-refractivity contribution in [3.05, 3.63) is 29.8 Å². The highest BCUT2D eigenvalue weighted by Crippen LogP contribution is 2.34. The Morgan fingerprint density at radius 3 is 2.44 bits per heavy atom. The first-order valence-electron chi connectivity index (χ1n) is 8.95. The Labute approximate surface area is 169 Å². The van der Waals surface area contributed by atoms with Crippen LogP contribution < -0.4 is 15.4 Å². The third-order valence-electron chi connectivity index (χ3n) is 4.48. The monoisotopic (exact) mass is 460 g/mol. The lowest BCUT2D eigenvalue weighted by Gasteiger charge is -2.23. The summed E-state index contributed by atoms with van der Waals surface area (Å²) in [6, 6.07) is 8.79. The lowest BCUT2D eigenvalue weighted by molar-refractivity contribution is 0.271. The molecule has 1 atom stereocenters. The fourth-order valence-electron chi connectivity index (χ4n) is 2.86. The summed E-state index contributed by atoms with van der Waals surface area (Å²) < 4.78 is 5.19. The van der Waals surface area contributed by atoms with Gasteiger partial charge in [0.15, 0.2) is 5.96 Å². The minimum Gasteiger partial charge on any atom is -0.497 e. The predicted molar refractivity (Wildman–Crippen MR) is 116 cm³/mol. The predicted octanol–water partition coefficient (Wildman–Crippen LogP) is 2.75. The van der Waals surface area contributed by atoms with E-state index >= 15 is 0 Å². The maximum atomic E-state index is 5.19. The molecule has 1 aliphatic carbocycles. The number of hydrogen-bond donors (Lipinski definition) is 2. The zero-order chi connectivity index (χ0) is 17.4. The van der Waals surface area contributed by atoms with Crippen LogP contribution in [0.15, 0.2) is 29.3 Å². The lowest BCUT2D eigenvalue weighted by atomic mass is 10.1. The summed E-state index contributed by atoms with van der Waals surface area (Å²) in [4.78, 5) is 7.10. The van der Waals surface area contributed by atoms with E-state index in [-0.39, 0.29) is 24.0 Å². The third kappa shape index (κ3) is 7.81. The van der Waals surface area contributed by atoms with Crippen molar-refractivity contribution in [2.45, 2.75) is 32.2 Å². The number of methoxy groups -OCH3 is 1. The number of aliphatic imine (C=N–C) groups is 1. The van der Waals surface area contributed by atoms with Crippen molar-refractivity contribution in [1.82, 2.24) is 15.5 Å². The molecule has 0 amide bonds. The fraction of sp³-hybridized carbons (Fsp3) is 0.632. The molecule has 0 aromatic heterocycles. The van der Waals surface area contributed by atoms with Crippen molar-refractivity contribution in [3.63, 3.8) is 0 Å². The van der Waals surface area contributed by atoms with E-state index in [0.29, 0.717) is 6.04 Å². The summed E-state index contributed by atoms with van der Waals surface area (Å²) in [6.45, 7) is 4.71. The summed E-state index contributed by atoms with van der Waals surface area (Å²) in [6.07, 6.45) is 3.66. The molecule has 1 aromatic carbocycles. The fourth-order valence-corrected chi connectivity index (χ4v) is 2.86. The van der Waals surface area contributed by atoms with Gasteiger partial charge in [0.05, 0.1) is 13.7 Å². The molecule has 0 radical (unpaired) electrons. The number of nitrogens with zero attached hydrogens (tertiary/aromatic N) is 2. The van der Waals surface area contributed by atoms with E-state index in [1.807, 2.05) is 12.1 Å². The van der Waals surface area contributed by atoms with Gasteiger partial charge in [-0.05, 0) is 63.9 Å². The Balaban J connectivity index is 0.00000312. The lowest BCUT2D eigenvalue weighted by Crippen LogP contribution is -2.40. The second kappa shape index (κ2) is 11.6. The van der Waals surface area contributed by atoms with Crippen molar-refractivity contribution in [2.75, 3.05) is 40.8 Å². The second-order valence-corrected chi connectivity index (χ2v) is 6.61. The summed E-state index contributed by atoms with van der Waals surface area (Å²) in [5, 5.41) is 6.78. The van der Waals surface area contributed by atoms with Crippen molar-refractivity contribution >= 4 is 29.9 Å². The molecule has 25 heavy (non-hydrogen) atoms. The van der Waals surface area contributed by atoms with Crippen LogP contribution in [0.25, 0.3) is 0 Å². The summed E-state index contributed by atoms with van der Waals surface area (Å²) in [5.41, 5.74) is 1.29. The molecule has 1 fully saturated rings. The number of likely N-dealkylation sites (N-methyl/N-ethyl adjacent to an activating group) is 1. The van der Waals surface area contributed by atoms with Gasteiger partial charge in [-0.25, -0.2) is 0 Å². The van der Waals surface area contributed by atoms with Crippen molar-refractivity contribution in [1.29, 1.82) is 0 Å². The largest absolute Gasteiger partial charge is 0.497 e. The Bertz CT molecular complexity index is 513. The van der Waals surface area contributed by atoms with E-state index in [1.165, 1.54) is 18.4 Å². The first kappa shape index (κ1) is 22.0. The molecule has 1 aliphatic rings. The summed E-state index contributed by atoms with van der Waals surface area (Å²) in [5.74, 6) is 2.64. The van der Waals surface area contributed by atoms with Gasteiger partial charge >= 0.3 is 0 Å². The van der Waals surface area contributed by atoms with Crippen LogP contribution in [0.5, 0.6) is 5.75 Å². The van der Waals surface area contributed by atoms with Gasteiger partial charge in [-0.15, -0.1) is 24.0 Å². The Hall–Kier alpha value is -1.02. The number of benzene rings is 1. The Morgan fingerprint density at radius 1 is 1.24 bits per heavy atom. The summed E-state index contributed by atoms with van der Waals surface area (Å²) in [7, 11) is 6.00. The van der Waals surface area contributed by atoms with Crippen molar-refractivity contribution in [2.24, 2.45) is 10.9 Å². The third-order valence-corrected chi connectivity index (χ3v) is 4.48. The van der Waals surface area contributed by atoms with Gasteiger partial charge in [0, 0.05) is 19.1 Å². The highest BCUT2D eigenvalue weighted by molar-refractivity contribution is 14.0. The molecule has 0 bridgehead atoms. The van der Waals surface area contributed by atoms with Gasteiger partial charge in [-0.2, -0.15) is 0 Å². The highest BCUT2D eigenvalue weighted by Gasteiger charge is 2.32. The molecular formula is C19H33IN4O. The number of hydrogen-bond acceptors (Lipinski definition) is 3. The average molecular weight is 460 g/mol. The topological polar surface area (TPSA) is 48.9 Å². The molecule has 0 heterocycles. The zero-order valence-electron chi connectivity index (χ0n) is 15.9. The number of rotatable bonds is 9. The van der Waals surface area contributed by atoms with E-state index in [1.54, 1.807) is 7.11 Å². The van der Waals surface area contributed by atoms with E-state index < -0.39 is 0 Å². The van der Waals surface area contributed by atoms with E-state index in [4.69, 9.17) is 9.73 Å². The molecule has 1 aromatic rings. The zero-order valence-corrected chi connectivity index (χ0v) is 18.2. The van der Waals surface area contributed by atoms with Crippen LogP contribution in [-0.4, -0.2) is 57.7 Å². The van der Waals surface area contributed by atoms with Gasteiger partial charge in [-0.1, -0.05) is 12.1 Å². The SMILES string of the molecule is CCNC(=NCC(C1CC1)N(C)C)NCCc1ccc(OC)cc1.I. The van der Waals surface area contributed by atoms with E-state index in [2.05, 4.69) is 48.7 Å². The smallest absolute Gasteiger partial charge is 0.191 e. The number of guanidine groups is 1. The minimum absolute atomic E-state index is 0. The standard InChI is InChI=1S/C19H32N4O.HI/c1-5-20-19(22-14-18(23(2)3)16-8-9-16)21-13-12-15-6-10-17(24-4)11-7-15;/h6-7,10-11,16,18H,5,8-9,12-14H2,1-4H3,(H2,20,21,22);1H. The van der Waals surface area contributed by atoms with Gasteiger partial charge in [0.2, 0.25) is 0 Å².